The van der Waals surface area contributed by atoms with Crippen molar-refractivity contribution in [1.29, 1.82) is 0 Å². The van der Waals surface area contributed by atoms with Crippen LogP contribution < -0.4 is 4.90 Å². The summed E-state index contributed by atoms with van der Waals surface area (Å²) in [5.74, 6) is 0.649. The molecule has 1 saturated carbocycles. The van der Waals surface area contributed by atoms with E-state index in [-0.39, 0.29) is 5.41 Å². The minimum atomic E-state index is 0.250. The molecule has 2 aliphatic carbocycles. The normalized spacial score (nSPS) is 22.6. The first-order valence-electron chi connectivity index (χ1n) is 16.3. The molecule has 0 saturated heterocycles. The Bertz CT molecular complexity index is 1710. The van der Waals surface area contributed by atoms with E-state index in [4.69, 9.17) is 11.6 Å². The molecule has 1 fully saturated rings. The number of rotatable bonds is 7. The maximum atomic E-state index is 7.29. The molecule has 3 atom stereocenters. The molecule has 3 unspecified atom stereocenters. The van der Waals surface area contributed by atoms with Crippen LogP contribution in [0.4, 0.5) is 17.1 Å². The zero-order chi connectivity index (χ0) is 30.1. The van der Waals surface area contributed by atoms with E-state index >= 15 is 0 Å². The highest BCUT2D eigenvalue weighted by molar-refractivity contribution is 6.34. The molecule has 5 aromatic carbocycles. The molecule has 44 heavy (non-hydrogen) atoms. The lowest BCUT2D eigenvalue weighted by Crippen LogP contribution is -2.52. The molecule has 2 heteroatoms. The second kappa shape index (κ2) is 11.9. The fraction of sp³-hybridized carbons (Fsp3) is 0.286. The van der Waals surface area contributed by atoms with Crippen LogP contribution in [0.3, 0.4) is 0 Å². The van der Waals surface area contributed by atoms with Gasteiger partial charge in [-0.05, 0) is 108 Å². The lowest BCUT2D eigenvalue weighted by atomic mass is 9.46. The van der Waals surface area contributed by atoms with Gasteiger partial charge in [0.05, 0.1) is 5.02 Å². The molecule has 7 rings (SSSR count). The molecule has 5 aromatic rings. The van der Waals surface area contributed by atoms with Gasteiger partial charge in [-0.25, -0.2) is 0 Å². The molecule has 0 radical (unpaired) electrons. The van der Waals surface area contributed by atoms with Crippen LogP contribution in [0.15, 0.2) is 127 Å². The summed E-state index contributed by atoms with van der Waals surface area (Å²) in [6.07, 6.45) is 8.65. The Balaban J connectivity index is 1.19. The van der Waals surface area contributed by atoms with Gasteiger partial charge in [-0.3, -0.25) is 0 Å². The van der Waals surface area contributed by atoms with Gasteiger partial charge in [-0.15, -0.1) is 0 Å². The summed E-state index contributed by atoms with van der Waals surface area (Å²) in [5.41, 5.74) is 10.6. The SMILES string of the molecule is CC12CCCCC1(C)C(CCc1cccc(-c3cccc(N(c4ccccc4)c4ccccc4)c3)c1Cl)Cc1ccccc12. The second-order valence-electron chi connectivity index (χ2n) is 13.4. The van der Waals surface area contributed by atoms with Crippen molar-refractivity contribution in [2.75, 3.05) is 4.90 Å². The number of fused-ring (bicyclic) bond motifs is 3. The number of hydrogen-bond donors (Lipinski definition) is 0. The van der Waals surface area contributed by atoms with Gasteiger partial charge in [0.15, 0.2) is 0 Å². The molecule has 0 bridgehead atoms. The van der Waals surface area contributed by atoms with Crippen LogP contribution in [0.2, 0.25) is 5.02 Å². The quantitative estimate of drug-likeness (QED) is 0.181. The third kappa shape index (κ3) is 5.06. The van der Waals surface area contributed by atoms with Crippen molar-refractivity contribution in [2.24, 2.45) is 11.3 Å². The van der Waals surface area contributed by atoms with Gasteiger partial charge >= 0.3 is 0 Å². The number of hydrogen-bond acceptors (Lipinski definition) is 1. The molecular weight excluding hydrogens is 554 g/mol. The zero-order valence-electron chi connectivity index (χ0n) is 26.0. The Morgan fingerprint density at radius 3 is 2.07 bits per heavy atom. The van der Waals surface area contributed by atoms with Gasteiger partial charge in [0.1, 0.15) is 0 Å². The molecule has 0 amide bonds. The van der Waals surface area contributed by atoms with E-state index in [0.717, 1.165) is 39.6 Å². The lowest BCUT2D eigenvalue weighted by Gasteiger charge is -2.58. The first-order chi connectivity index (χ1) is 21.5. The van der Waals surface area contributed by atoms with Gasteiger partial charge < -0.3 is 4.90 Å². The van der Waals surface area contributed by atoms with Crippen molar-refractivity contribution in [1.82, 2.24) is 0 Å². The van der Waals surface area contributed by atoms with E-state index in [9.17, 15) is 0 Å². The maximum Gasteiger partial charge on any atom is 0.0516 e. The largest absolute Gasteiger partial charge is 0.310 e. The van der Waals surface area contributed by atoms with Crippen molar-refractivity contribution in [2.45, 2.75) is 64.2 Å². The minimum Gasteiger partial charge on any atom is -0.310 e. The highest BCUT2D eigenvalue weighted by Crippen LogP contribution is 2.61. The number of halogens is 1. The first kappa shape index (κ1) is 28.9. The van der Waals surface area contributed by atoms with Gasteiger partial charge in [-0.2, -0.15) is 0 Å². The lowest BCUT2D eigenvalue weighted by molar-refractivity contribution is 0.00470. The van der Waals surface area contributed by atoms with E-state index in [0.29, 0.717) is 11.3 Å². The van der Waals surface area contributed by atoms with Gasteiger partial charge in [0.25, 0.3) is 0 Å². The average Bonchev–Trinajstić information content (AvgIpc) is 3.06. The summed E-state index contributed by atoms with van der Waals surface area (Å²) >= 11 is 7.29. The number of anilines is 3. The predicted octanol–water partition coefficient (Wildman–Crippen LogP) is 12.1. The van der Waals surface area contributed by atoms with E-state index in [1.165, 1.54) is 44.1 Å². The summed E-state index contributed by atoms with van der Waals surface area (Å²) in [5, 5.41) is 0.892. The van der Waals surface area contributed by atoms with Crippen LogP contribution in [-0.2, 0) is 18.3 Å². The Kier molecular flexibility index (Phi) is 7.85. The molecule has 0 spiro atoms. The molecule has 1 nitrogen and oxygen atoms in total. The summed E-state index contributed by atoms with van der Waals surface area (Å²) in [6, 6.07) is 45.8. The van der Waals surface area contributed by atoms with Crippen LogP contribution in [0, 0.1) is 11.3 Å². The molecule has 0 N–H and O–H groups in total. The Morgan fingerprint density at radius 1 is 0.682 bits per heavy atom. The van der Waals surface area contributed by atoms with Crippen molar-refractivity contribution < 1.29 is 0 Å². The maximum absolute atomic E-state index is 7.29. The van der Waals surface area contributed by atoms with Crippen LogP contribution in [0.1, 0.15) is 62.6 Å². The number of nitrogens with zero attached hydrogens (tertiary/aromatic N) is 1. The molecule has 222 valence electrons. The van der Waals surface area contributed by atoms with Crippen LogP contribution >= 0.6 is 11.6 Å². The fourth-order valence-electron chi connectivity index (χ4n) is 8.52. The highest BCUT2D eigenvalue weighted by atomic mass is 35.5. The highest BCUT2D eigenvalue weighted by Gasteiger charge is 2.54. The molecule has 2 aliphatic rings. The Morgan fingerprint density at radius 2 is 1.32 bits per heavy atom. The predicted molar refractivity (Wildman–Crippen MR) is 187 cm³/mol. The first-order valence-corrected chi connectivity index (χ1v) is 16.7. The summed E-state index contributed by atoms with van der Waals surface area (Å²) in [6.45, 7) is 5.16. The fourth-order valence-corrected chi connectivity index (χ4v) is 8.85. The van der Waals surface area contributed by atoms with Gasteiger partial charge in [-0.1, -0.05) is 129 Å². The second-order valence-corrected chi connectivity index (χ2v) is 13.8. The number of para-hydroxylation sites is 2. The summed E-state index contributed by atoms with van der Waals surface area (Å²) < 4.78 is 0. The molecule has 0 aliphatic heterocycles. The number of benzene rings is 5. The standard InChI is InChI=1S/C42H42ClN/c1-41-27-11-12-28-42(41,2)39-24-10-9-15-33(39)29-34(41)26-25-31-16-14-23-38(40(31)43)32-17-13-22-37(30-32)44(35-18-5-3-6-19-35)36-20-7-4-8-21-36/h3-10,13-24,30,34H,11-12,25-29H2,1-2H3. The average molecular weight is 596 g/mol. The topological polar surface area (TPSA) is 3.24 Å². The van der Waals surface area contributed by atoms with Crippen molar-refractivity contribution >= 4 is 28.7 Å². The number of aryl methyl sites for hydroxylation is 1. The third-order valence-corrected chi connectivity index (χ3v) is 11.6. The minimum absolute atomic E-state index is 0.250. The third-order valence-electron chi connectivity index (χ3n) is 11.1. The van der Waals surface area contributed by atoms with Gasteiger partial charge in [0, 0.05) is 22.6 Å². The Hall–Kier alpha value is -3.81. The Labute approximate surface area is 268 Å². The summed E-state index contributed by atoms with van der Waals surface area (Å²) in [4.78, 5) is 2.31. The van der Waals surface area contributed by atoms with Gasteiger partial charge in [0.2, 0.25) is 0 Å². The molecule has 0 heterocycles. The van der Waals surface area contributed by atoms with Crippen molar-refractivity contribution in [3.05, 3.63) is 149 Å². The zero-order valence-corrected chi connectivity index (χ0v) is 26.7. The smallest absolute Gasteiger partial charge is 0.0516 e. The van der Waals surface area contributed by atoms with E-state index in [1.807, 2.05) is 0 Å². The van der Waals surface area contributed by atoms with E-state index in [1.54, 1.807) is 11.1 Å². The molecular formula is C42H42ClN. The monoisotopic (exact) mass is 595 g/mol. The van der Waals surface area contributed by atoms with Crippen molar-refractivity contribution in [3.63, 3.8) is 0 Å². The van der Waals surface area contributed by atoms with E-state index in [2.05, 4.69) is 146 Å². The van der Waals surface area contributed by atoms with Crippen LogP contribution in [0.5, 0.6) is 0 Å². The van der Waals surface area contributed by atoms with E-state index < -0.39 is 0 Å². The molecule has 0 aromatic heterocycles. The van der Waals surface area contributed by atoms with Crippen LogP contribution in [-0.4, -0.2) is 0 Å². The summed E-state index contributed by atoms with van der Waals surface area (Å²) in [7, 11) is 0. The van der Waals surface area contributed by atoms with Crippen LogP contribution in [0.25, 0.3) is 11.1 Å². The van der Waals surface area contributed by atoms with Crippen molar-refractivity contribution in [3.8, 4) is 11.1 Å².